The summed E-state index contributed by atoms with van der Waals surface area (Å²) in [6.07, 6.45) is 3.85. The maximum absolute atomic E-state index is 12.8. The van der Waals surface area contributed by atoms with Crippen molar-refractivity contribution in [3.8, 4) is 0 Å². The average molecular weight is 413 g/mol. The lowest BCUT2D eigenvalue weighted by Crippen LogP contribution is -2.52. The zero-order valence-corrected chi connectivity index (χ0v) is 18.0. The fourth-order valence-corrected chi connectivity index (χ4v) is 4.23. The Kier molecular flexibility index (Phi) is 6.64. The number of hydrogen-bond donors (Lipinski definition) is 1. The maximum atomic E-state index is 12.8. The summed E-state index contributed by atoms with van der Waals surface area (Å²) >= 11 is 0. The predicted octanol–water partition coefficient (Wildman–Crippen LogP) is 2.51. The highest BCUT2D eigenvalue weighted by Crippen LogP contribution is 2.22. The molecule has 3 heterocycles. The van der Waals surface area contributed by atoms with E-state index in [0.717, 1.165) is 50.8 Å². The van der Waals surface area contributed by atoms with Gasteiger partial charge in [0, 0.05) is 57.6 Å². The molecule has 0 aliphatic carbocycles. The molecule has 0 saturated carbocycles. The second-order valence-corrected chi connectivity index (χ2v) is 8.30. The van der Waals surface area contributed by atoms with E-state index < -0.39 is 0 Å². The number of nitrogens with zero attached hydrogens (tertiary/aromatic N) is 5. The van der Waals surface area contributed by atoms with Gasteiger partial charge in [0.05, 0.1) is 12.6 Å². The van der Waals surface area contributed by atoms with Crippen LogP contribution in [-0.4, -0.2) is 71.2 Å². The van der Waals surface area contributed by atoms with E-state index in [-0.39, 0.29) is 11.9 Å². The summed E-state index contributed by atoms with van der Waals surface area (Å²) in [5.74, 6) is 1.36. The molecule has 162 valence electrons. The number of rotatable bonds is 6. The van der Waals surface area contributed by atoms with E-state index in [1.165, 1.54) is 24.9 Å². The molecule has 2 aliphatic rings. The number of amides is 1. The van der Waals surface area contributed by atoms with Gasteiger partial charge in [-0.25, -0.2) is 0 Å². The first kappa shape index (κ1) is 20.8. The summed E-state index contributed by atoms with van der Waals surface area (Å²) in [5, 5.41) is 7.04. The molecule has 8 heteroatoms. The SMILES string of the molecule is Cc1nc(CN2CCN(C(C)C(=O)Nc3ccc(N4CCCCC4)cc3)CC2)no1. The largest absolute Gasteiger partial charge is 0.372 e. The second kappa shape index (κ2) is 9.57. The van der Waals surface area contributed by atoms with Gasteiger partial charge in [0.25, 0.3) is 0 Å². The van der Waals surface area contributed by atoms with Gasteiger partial charge < -0.3 is 14.7 Å². The number of aromatic nitrogens is 2. The van der Waals surface area contributed by atoms with Crippen LogP contribution in [0.5, 0.6) is 0 Å². The fraction of sp³-hybridized carbons (Fsp3) is 0.591. The Bertz CT molecular complexity index is 822. The number of piperazine rings is 1. The van der Waals surface area contributed by atoms with Crippen LogP contribution in [0.3, 0.4) is 0 Å². The molecule has 1 aromatic heterocycles. The van der Waals surface area contributed by atoms with E-state index in [2.05, 4.69) is 42.3 Å². The number of nitrogens with one attached hydrogen (secondary N) is 1. The van der Waals surface area contributed by atoms with E-state index in [1.54, 1.807) is 6.92 Å². The Morgan fingerprint density at radius 3 is 2.40 bits per heavy atom. The number of anilines is 2. The first-order chi connectivity index (χ1) is 14.6. The zero-order chi connectivity index (χ0) is 20.9. The molecule has 2 fully saturated rings. The van der Waals surface area contributed by atoms with Crippen molar-refractivity contribution >= 4 is 17.3 Å². The van der Waals surface area contributed by atoms with E-state index in [0.29, 0.717) is 12.4 Å². The third-order valence-electron chi connectivity index (χ3n) is 6.12. The lowest BCUT2D eigenvalue weighted by Gasteiger charge is -2.36. The van der Waals surface area contributed by atoms with Gasteiger partial charge in [-0.15, -0.1) is 0 Å². The highest BCUT2D eigenvalue weighted by molar-refractivity contribution is 5.94. The first-order valence-corrected chi connectivity index (χ1v) is 11.0. The summed E-state index contributed by atoms with van der Waals surface area (Å²) in [7, 11) is 0. The minimum atomic E-state index is -0.165. The second-order valence-electron chi connectivity index (χ2n) is 8.30. The van der Waals surface area contributed by atoms with Gasteiger partial charge in [-0.2, -0.15) is 4.98 Å². The Labute approximate surface area is 178 Å². The first-order valence-electron chi connectivity index (χ1n) is 11.0. The number of piperidine rings is 1. The normalized spacial score (nSPS) is 19.6. The third kappa shape index (κ3) is 5.17. The van der Waals surface area contributed by atoms with Gasteiger partial charge >= 0.3 is 0 Å². The van der Waals surface area contributed by atoms with Crippen molar-refractivity contribution in [3.63, 3.8) is 0 Å². The molecule has 2 saturated heterocycles. The van der Waals surface area contributed by atoms with Crippen LogP contribution in [0.2, 0.25) is 0 Å². The van der Waals surface area contributed by atoms with Gasteiger partial charge in [0.2, 0.25) is 11.8 Å². The van der Waals surface area contributed by atoms with E-state index >= 15 is 0 Å². The van der Waals surface area contributed by atoms with Crippen molar-refractivity contribution in [2.75, 3.05) is 49.5 Å². The molecule has 2 aromatic rings. The van der Waals surface area contributed by atoms with E-state index in [1.807, 2.05) is 19.1 Å². The lowest BCUT2D eigenvalue weighted by atomic mass is 10.1. The molecule has 1 N–H and O–H groups in total. The smallest absolute Gasteiger partial charge is 0.241 e. The zero-order valence-electron chi connectivity index (χ0n) is 18.0. The van der Waals surface area contributed by atoms with Crippen molar-refractivity contribution in [1.29, 1.82) is 0 Å². The number of carbonyl (C=O) groups is 1. The van der Waals surface area contributed by atoms with Crippen molar-refractivity contribution in [3.05, 3.63) is 36.0 Å². The summed E-state index contributed by atoms with van der Waals surface area (Å²) in [6.45, 7) is 10.2. The standard InChI is InChI=1S/C22H32N6O2/c1-17(27-14-12-26(13-15-27)16-21-23-18(2)30-25-21)22(29)24-19-6-8-20(9-7-19)28-10-4-3-5-11-28/h6-9,17H,3-5,10-16H2,1-2H3,(H,24,29). The molecule has 1 amide bonds. The van der Waals surface area contributed by atoms with Gasteiger partial charge in [-0.3, -0.25) is 14.6 Å². The van der Waals surface area contributed by atoms with Crippen LogP contribution in [0.25, 0.3) is 0 Å². The minimum Gasteiger partial charge on any atom is -0.372 e. The molecular formula is C22H32N6O2. The maximum Gasteiger partial charge on any atom is 0.241 e. The third-order valence-corrected chi connectivity index (χ3v) is 6.12. The van der Waals surface area contributed by atoms with Crippen molar-refractivity contribution in [2.45, 2.75) is 45.7 Å². The molecule has 4 rings (SSSR count). The van der Waals surface area contributed by atoms with Gasteiger partial charge in [-0.1, -0.05) is 5.16 Å². The van der Waals surface area contributed by atoms with Crippen LogP contribution in [0, 0.1) is 6.92 Å². The van der Waals surface area contributed by atoms with Crippen molar-refractivity contribution < 1.29 is 9.32 Å². The fourth-order valence-electron chi connectivity index (χ4n) is 4.23. The number of aryl methyl sites for hydroxylation is 1. The van der Waals surface area contributed by atoms with E-state index in [9.17, 15) is 4.79 Å². The molecule has 0 spiro atoms. The van der Waals surface area contributed by atoms with Gasteiger partial charge in [0.1, 0.15) is 0 Å². The predicted molar refractivity (Wildman–Crippen MR) is 116 cm³/mol. The number of benzene rings is 1. The van der Waals surface area contributed by atoms with Gasteiger partial charge in [-0.05, 0) is 50.5 Å². The molecule has 1 atom stereocenters. The summed E-state index contributed by atoms with van der Waals surface area (Å²) in [6, 6.07) is 8.09. The van der Waals surface area contributed by atoms with Crippen LogP contribution >= 0.6 is 0 Å². The van der Waals surface area contributed by atoms with E-state index in [4.69, 9.17) is 4.52 Å². The average Bonchev–Trinajstić information content (AvgIpc) is 3.19. The Morgan fingerprint density at radius 1 is 1.07 bits per heavy atom. The van der Waals surface area contributed by atoms with Crippen LogP contribution in [-0.2, 0) is 11.3 Å². The molecule has 30 heavy (non-hydrogen) atoms. The lowest BCUT2D eigenvalue weighted by molar-refractivity contribution is -0.121. The molecule has 8 nitrogen and oxygen atoms in total. The minimum absolute atomic E-state index is 0.0444. The molecule has 0 radical (unpaired) electrons. The highest BCUT2D eigenvalue weighted by atomic mass is 16.5. The van der Waals surface area contributed by atoms with Crippen LogP contribution in [0.15, 0.2) is 28.8 Å². The number of hydrogen-bond acceptors (Lipinski definition) is 7. The molecular weight excluding hydrogens is 380 g/mol. The molecule has 1 unspecified atom stereocenters. The van der Waals surface area contributed by atoms with Crippen LogP contribution in [0.1, 0.15) is 37.9 Å². The summed E-state index contributed by atoms with van der Waals surface area (Å²) in [4.78, 5) is 24.0. The van der Waals surface area contributed by atoms with Gasteiger partial charge in [0.15, 0.2) is 5.82 Å². The van der Waals surface area contributed by atoms with Crippen LogP contribution < -0.4 is 10.2 Å². The van der Waals surface area contributed by atoms with Crippen LogP contribution in [0.4, 0.5) is 11.4 Å². The molecule has 0 bridgehead atoms. The monoisotopic (exact) mass is 412 g/mol. The quantitative estimate of drug-likeness (QED) is 0.781. The topological polar surface area (TPSA) is 77.7 Å². The Balaban J connectivity index is 1.24. The Hall–Kier alpha value is -2.45. The summed E-state index contributed by atoms with van der Waals surface area (Å²) in [5.41, 5.74) is 2.10. The highest BCUT2D eigenvalue weighted by Gasteiger charge is 2.26. The van der Waals surface area contributed by atoms with Crippen molar-refractivity contribution in [2.24, 2.45) is 0 Å². The molecule has 1 aromatic carbocycles. The number of carbonyl (C=O) groups excluding carboxylic acids is 1. The summed E-state index contributed by atoms with van der Waals surface area (Å²) < 4.78 is 5.04. The Morgan fingerprint density at radius 2 is 1.77 bits per heavy atom. The molecule has 2 aliphatic heterocycles. The van der Waals surface area contributed by atoms with Crippen molar-refractivity contribution in [1.82, 2.24) is 19.9 Å².